The minimum atomic E-state index is -0.973. The molecule has 1 aromatic carbocycles. The monoisotopic (exact) mass is 476 g/mol. The van der Waals surface area contributed by atoms with E-state index in [0.29, 0.717) is 17.0 Å². The molecule has 2 heterocycles. The van der Waals surface area contributed by atoms with Crippen LogP contribution in [-0.4, -0.2) is 42.4 Å². The highest BCUT2D eigenvalue weighted by Crippen LogP contribution is 2.31. The average molecular weight is 477 g/mol. The van der Waals surface area contributed by atoms with Gasteiger partial charge in [-0.1, -0.05) is 18.9 Å². The van der Waals surface area contributed by atoms with Gasteiger partial charge in [-0.05, 0) is 54.8 Å². The Bertz CT molecular complexity index is 1140. The molecule has 0 spiro atoms. The molecule has 1 saturated carbocycles. The van der Waals surface area contributed by atoms with Crippen molar-refractivity contribution in [2.75, 3.05) is 18.6 Å². The maximum atomic E-state index is 13.6. The van der Waals surface area contributed by atoms with Crippen molar-refractivity contribution in [2.45, 2.75) is 37.8 Å². The van der Waals surface area contributed by atoms with E-state index in [0.717, 1.165) is 25.7 Å². The summed E-state index contributed by atoms with van der Waals surface area (Å²) >= 11 is 0. The first kappa shape index (κ1) is 24.0. The number of aromatic nitrogens is 1. The number of amides is 3. The van der Waals surface area contributed by atoms with Crippen LogP contribution >= 0.6 is 0 Å². The molecule has 4 rings (SSSR count). The first-order valence-electron chi connectivity index (χ1n) is 11.5. The molecule has 0 saturated heterocycles. The van der Waals surface area contributed by atoms with Crippen molar-refractivity contribution < 1.29 is 23.5 Å². The number of hydrogen-bond donors (Lipinski definition) is 2. The lowest BCUT2D eigenvalue weighted by Gasteiger charge is -2.32. The molecule has 3 amide bonds. The Labute approximate surface area is 203 Å². The number of furan rings is 1. The number of hydrogen-bond acceptors (Lipinski definition) is 6. The van der Waals surface area contributed by atoms with E-state index in [1.807, 2.05) is 0 Å². The fourth-order valence-electron chi connectivity index (χ4n) is 4.25. The zero-order valence-electron chi connectivity index (χ0n) is 19.5. The highest BCUT2D eigenvalue weighted by molar-refractivity contribution is 6.04. The molecule has 182 valence electrons. The number of benzene rings is 1. The Hall–Kier alpha value is -4.14. The fraction of sp³-hybridized carbons (Fsp3) is 0.308. The molecule has 0 bridgehead atoms. The van der Waals surface area contributed by atoms with E-state index in [-0.39, 0.29) is 24.3 Å². The van der Waals surface area contributed by atoms with E-state index < -0.39 is 17.9 Å². The topological polar surface area (TPSA) is 114 Å². The SMILES string of the molecule is COc1cccc(N(C(=O)CNC(=O)c2ccco2)[C@@H](C(=O)NC2CCCC2)c2ccncc2)c1. The standard InChI is InChI=1S/C26H28N4O5/c1-34-21-9-4-8-20(16-21)30(23(31)17-28-25(32)22-10-5-15-35-22)24(18-11-13-27-14-12-18)26(33)29-19-6-2-3-7-19/h4-5,8-16,19,24H,2-3,6-7,17H2,1H3,(H,28,32)(H,29,33)/t24-/m1/s1. The number of carbonyl (C=O) groups is 3. The lowest BCUT2D eigenvalue weighted by molar-refractivity contribution is -0.126. The average Bonchev–Trinajstić information content (AvgIpc) is 3.61. The summed E-state index contributed by atoms with van der Waals surface area (Å²) in [7, 11) is 1.53. The van der Waals surface area contributed by atoms with Crippen LogP contribution in [0.3, 0.4) is 0 Å². The third-order valence-corrected chi connectivity index (χ3v) is 5.98. The van der Waals surface area contributed by atoms with E-state index in [1.165, 1.54) is 24.3 Å². The zero-order valence-corrected chi connectivity index (χ0v) is 19.5. The minimum Gasteiger partial charge on any atom is -0.497 e. The zero-order chi connectivity index (χ0) is 24.6. The van der Waals surface area contributed by atoms with Gasteiger partial charge in [-0.25, -0.2) is 0 Å². The lowest BCUT2D eigenvalue weighted by Crippen LogP contribution is -2.49. The van der Waals surface area contributed by atoms with Crippen LogP contribution in [0, 0.1) is 0 Å². The summed E-state index contributed by atoms with van der Waals surface area (Å²) in [6, 6.07) is 12.5. The van der Waals surface area contributed by atoms with Gasteiger partial charge >= 0.3 is 0 Å². The number of carbonyl (C=O) groups excluding carboxylic acids is 3. The number of nitrogens with zero attached hydrogens (tertiary/aromatic N) is 2. The van der Waals surface area contributed by atoms with E-state index >= 15 is 0 Å². The second kappa shape index (κ2) is 11.3. The number of rotatable bonds is 9. The lowest BCUT2D eigenvalue weighted by atomic mass is 10.0. The second-order valence-corrected chi connectivity index (χ2v) is 8.30. The van der Waals surface area contributed by atoms with Crippen molar-refractivity contribution in [3.63, 3.8) is 0 Å². The summed E-state index contributed by atoms with van der Waals surface area (Å²) in [6.07, 6.45) is 8.47. The fourth-order valence-corrected chi connectivity index (χ4v) is 4.25. The van der Waals surface area contributed by atoms with Gasteiger partial charge in [-0.3, -0.25) is 24.3 Å². The van der Waals surface area contributed by atoms with Gasteiger partial charge in [-0.2, -0.15) is 0 Å². The Morgan fingerprint density at radius 2 is 1.89 bits per heavy atom. The highest BCUT2D eigenvalue weighted by atomic mass is 16.5. The number of pyridine rings is 1. The molecule has 1 aliphatic rings. The van der Waals surface area contributed by atoms with Crippen LogP contribution in [0.25, 0.3) is 0 Å². The van der Waals surface area contributed by atoms with Crippen LogP contribution in [0.15, 0.2) is 71.6 Å². The third-order valence-electron chi connectivity index (χ3n) is 5.98. The molecule has 9 heteroatoms. The normalized spacial score (nSPS) is 14.2. The van der Waals surface area contributed by atoms with E-state index in [1.54, 1.807) is 54.9 Å². The van der Waals surface area contributed by atoms with Gasteiger partial charge in [0.25, 0.3) is 5.91 Å². The molecule has 3 aromatic rings. The minimum absolute atomic E-state index is 0.0627. The van der Waals surface area contributed by atoms with Gasteiger partial charge in [0.1, 0.15) is 11.8 Å². The van der Waals surface area contributed by atoms with Gasteiger partial charge in [0, 0.05) is 30.2 Å². The molecule has 1 aliphatic carbocycles. The molecule has 0 unspecified atom stereocenters. The second-order valence-electron chi connectivity index (χ2n) is 8.30. The van der Waals surface area contributed by atoms with Gasteiger partial charge < -0.3 is 19.8 Å². The number of methoxy groups -OCH3 is 1. The van der Waals surface area contributed by atoms with E-state index in [4.69, 9.17) is 9.15 Å². The molecule has 35 heavy (non-hydrogen) atoms. The van der Waals surface area contributed by atoms with Crippen molar-refractivity contribution in [3.8, 4) is 5.75 Å². The van der Waals surface area contributed by atoms with Crippen LogP contribution in [0.4, 0.5) is 5.69 Å². The summed E-state index contributed by atoms with van der Waals surface area (Å²) < 4.78 is 10.5. The predicted octanol–water partition coefficient (Wildman–Crippen LogP) is 3.25. The van der Waals surface area contributed by atoms with Crippen LogP contribution in [0.5, 0.6) is 5.75 Å². The highest BCUT2D eigenvalue weighted by Gasteiger charge is 2.34. The summed E-state index contributed by atoms with van der Waals surface area (Å²) in [4.78, 5) is 45.1. The Morgan fingerprint density at radius 3 is 2.57 bits per heavy atom. The first-order chi connectivity index (χ1) is 17.1. The molecule has 2 N–H and O–H groups in total. The van der Waals surface area contributed by atoms with Gasteiger partial charge in [0.15, 0.2) is 5.76 Å². The van der Waals surface area contributed by atoms with E-state index in [2.05, 4.69) is 15.6 Å². The molecule has 0 aliphatic heterocycles. The predicted molar refractivity (Wildman–Crippen MR) is 129 cm³/mol. The van der Waals surface area contributed by atoms with Crippen molar-refractivity contribution in [1.29, 1.82) is 0 Å². The van der Waals surface area contributed by atoms with Crippen LogP contribution in [0.1, 0.15) is 47.8 Å². The third kappa shape index (κ3) is 5.87. The van der Waals surface area contributed by atoms with Gasteiger partial charge in [0.2, 0.25) is 11.8 Å². The summed E-state index contributed by atoms with van der Waals surface area (Å²) in [5.41, 5.74) is 1.06. The molecule has 0 radical (unpaired) electrons. The molecule has 9 nitrogen and oxygen atoms in total. The number of anilines is 1. The molecular weight excluding hydrogens is 448 g/mol. The van der Waals surface area contributed by atoms with Gasteiger partial charge in [-0.15, -0.1) is 0 Å². The van der Waals surface area contributed by atoms with Crippen LogP contribution in [-0.2, 0) is 9.59 Å². The molecule has 2 aromatic heterocycles. The van der Waals surface area contributed by atoms with Crippen molar-refractivity contribution >= 4 is 23.4 Å². The molecule has 1 atom stereocenters. The van der Waals surface area contributed by atoms with E-state index in [9.17, 15) is 14.4 Å². The smallest absolute Gasteiger partial charge is 0.287 e. The Balaban J connectivity index is 1.68. The first-order valence-corrected chi connectivity index (χ1v) is 11.5. The maximum absolute atomic E-state index is 13.6. The molecular formula is C26H28N4O5. The van der Waals surface area contributed by atoms with Crippen molar-refractivity contribution in [1.82, 2.24) is 15.6 Å². The van der Waals surface area contributed by atoms with Gasteiger partial charge in [0.05, 0.1) is 19.9 Å². The number of nitrogens with one attached hydrogen (secondary N) is 2. The number of ether oxygens (including phenoxy) is 1. The quantitative estimate of drug-likeness (QED) is 0.490. The van der Waals surface area contributed by atoms with Crippen LogP contribution in [0.2, 0.25) is 0 Å². The largest absolute Gasteiger partial charge is 0.497 e. The Morgan fingerprint density at radius 1 is 1.11 bits per heavy atom. The summed E-state index contributed by atoms with van der Waals surface area (Å²) in [5, 5.41) is 5.69. The van der Waals surface area contributed by atoms with Crippen molar-refractivity contribution in [2.24, 2.45) is 0 Å². The van der Waals surface area contributed by atoms with Crippen LogP contribution < -0.4 is 20.3 Å². The molecule has 1 fully saturated rings. The van der Waals surface area contributed by atoms with Crippen molar-refractivity contribution in [3.05, 3.63) is 78.5 Å². The maximum Gasteiger partial charge on any atom is 0.287 e. The Kier molecular flexibility index (Phi) is 7.77. The summed E-state index contributed by atoms with van der Waals surface area (Å²) in [6.45, 7) is -0.338. The summed E-state index contributed by atoms with van der Waals surface area (Å²) in [5.74, 6) is -0.664.